The molecule has 0 aliphatic carbocycles. The highest BCUT2D eigenvalue weighted by Gasteiger charge is 2.36. The van der Waals surface area contributed by atoms with Crippen molar-refractivity contribution in [2.24, 2.45) is 4.99 Å². The third-order valence-corrected chi connectivity index (χ3v) is 6.46. The Balaban J connectivity index is 1.76. The van der Waals surface area contributed by atoms with E-state index in [1.165, 1.54) is 30.5 Å². The maximum Gasteiger partial charge on any atom is 0.344 e. The van der Waals surface area contributed by atoms with Gasteiger partial charge in [0.15, 0.2) is 5.75 Å². The molecule has 0 bridgehead atoms. The molecule has 10 heteroatoms. The summed E-state index contributed by atoms with van der Waals surface area (Å²) in [6, 6.07) is 17.8. The van der Waals surface area contributed by atoms with Crippen LogP contribution < -0.4 is 10.4 Å². The van der Waals surface area contributed by atoms with Gasteiger partial charge < -0.3 is 9.15 Å². The van der Waals surface area contributed by atoms with Crippen LogP contribution in [0.25, 0.3) is 11.0 Å². The van der Waals surface area contributed by atoms with E-state index in [1.54, 1.807) is 36.4 Å². The average molecular weight is 532 g/mol. The first-order valence-corrected chi connectivity index (χ1v) is 11.7. The van der Waals surface area contributed by atoms with Gasteiger partial charge in [-0.15, -0.1) is 0 Å². The fourth-order valence-corrected chi connectivity index (χ4v) is 4.60. The number of rotatable bonds is 4. The van der Waals surface area contributed by atoms with Gasteiger partial charge in [0.05, 0.1) is 26.8 Å². The van der Waals surface area contributed by atoms with Crippen LogP contribution in [0.1, 0.15) is 28.2 Å². The summed E-state index contributed by atoms with van der Waals surface area (Å²) in [6.07, 6.45) is 1.43. The highest BCUT2D eigenvalue weighted by atomic mass is 35.5. The van der Waals surface area contributed by atoms with Crippen molar-refractivity contribution in [3.63, 3.8) is 0 Å². The molecule has 0 spiro atoms. The number of benzene rings is 3. The molecular formula is C27H15Cl2N3O5. The summed E-state index contributed by atoms with van der Waals surface area (Å²) >= 11 is 12.3. The predicted molar refractivity (Wildman–Crippen MR) is 139 cm³/mol. The smallest absolute Gasteiger partial charge is 0.344 e. The molecule has 8 nitrogen and oxygen atoms in total. The molecule has 1 aliphatic heterocycles. The maximum atomic E-state index is 13.2. The molecule has 5 rings (SSSR count). The number of aliphatic imine (C=N–C) groups is 1. The summed E-state index contributed by atoms with van der Waals surface area (Å²) in [6.45, 7) is 1.88. The standard InChI is InChI=1S/C27H15Cl2N3O5/c1-14-2-9-22-19(10-14)25-24(27(33)36-22)23(15-4-7-18(8-5-15)32(34)35)20(12-30)26(37-25)31-13-16-3-6-17(28)11-21(16)29/h2-11,13,23H,1H3. The zero-order valence-corrected chi connectivity index (χ0v) is 20.6. The number of aryl methyl sites for hydroxylation is 1. The van der Waals surface area contributed by atoms with E-state index in [-0.39, 0.29) is 28.5 Å². The van der Waals surface area contributed by atoms with Gasteiger partial charge in [-0.25, -0.2) is 9.79 Å². The quantitative estimate of drug-likeness (QED) is 0.125. The first-order chi connectivity index (χ1) is 17.8. The maximum absolute atomic E-state index is 13.2. The summed E-state index contributed by atoms with van der Waals surface area (Å²) in [5.74, 6) is -0.784. The van der Waals surface area contributed by atoms with Crippen LogP contribution in [0.2, 0.25) is 10.0 Å². The van der Waals surface area contributed by atoms with Gasteiger partial charge in [0.25, 0.3) is 5.69 Å². The number of halogens is 2. The molecule has 3 aromatic carbocycles. The predicted octanol–water partition coefficient (Wildman–Crippen LogP) is 6.70. The van der Waals surface area contributed by atoms with Gasteiger partial charge >= 0.3 is 5.63 Å². The molecule has 1 aromatic heterocycles. The minimum absolute atomic E-state index is 0.0296. The van der Waals surface area contributed by atoms with E-state index in [9.17, 15) is 20.2 Å². The highest BCUT2D eigenvalue weighted by Crippen LogP contribution is 2.45. The van der Waals surface area contributed by atoms with E-state index in [2.05, 4.69) is 11.1 Å². The summed E-state index contributed by atoms with van der Waals surface area (Å²) in [7, 11) is 0. The molecule has 0 saturated carbocycles. The Morgan fingerprint density at radius 1 is 1.11 bits per heavy atom. The molecule has 182 valence electrons. The zero-order valence-electron chi connectivity index (χ0n) is 19.1. The Labute approximate surface area is 219 Å². The van der Waals surface area contributed by atoms with Crippen LogP contribution in [0.4, 0.5) is 5.69 Å². The van der Waals surface area contributed by atoms with Crippen LogP contribution in [0.3, 0.4) is 0 Å². The third kappa shape index (κ3) is 4.47. The average Bonchev–Trinajstić information content (AvgIpc) is 2.88. The van der Waals surface area contributed by atoms with Crippen LogP contribution in [0.15, 0.2) is 86.3 Å². The topological polar surface area (TPSA) is 119 Å². The Morgan fingerprint density at radius 3 is 2.54 bits per heavy atom. The Hall–Kier alpha value is -4.45. The highest BCUT2D eigenvalue weighted by molar-refractivity contribution is 6.36. The number of hydrogen-bond acceptors (Lipinski definition) is 7. The molecule has 1 unspecified atom stereocenters. The molecule has 0 saturated heterocycles. The van der Waals surface area contributed by atoms with Crippen molar-refractivity contribution in [3.05, 3.63) is 125 Å². The molecule has 1 aliphatic rings. The number of hydrogen-bond donors (Lipinski definition) is 0. The summed E-state index contributed by atoms with van der Waals surface area (Å²) in [4.78, 5) is 28.3. The second-order valence-corrected chi connectivity index (χ2v) is 9.11. The van der Waals surface area contributed by atoms with Crippen molar-refractivity contribution in [1.29, 1.82) is 5.26 Å². The summed E-state index contributed by atoms with van der Waals surface area (Å²) in [5, 5.41) is 22.7. The lowest BCUT2D eigenvalue weighted by molar-refractivity contribution is -0.384. The van der Waals surface area contributed by atoms with Crippen molar-refractivity contribution in [2.45, 2.75) is 12.8 Å². The van der Waals surface area contributed by atoms with Gasteiger partial charge in [-0.05, 0) is 36.8 Å². The largest absolute Gasteiger partial charge is 0.437 e. The van der Waals surface area contributed by atoms with E-state index in [0.29, 0.717) is 32.1 Å². The number of nitriles is 1. The van der Waals surface area contributed by atoms with E-state index in [4.69, 9.17) is 32.4 Å². The Kier molecular flexibility index (Phi) is 6.25. The van der Waals surface area contributed by atoms with Crippen LogP contribution >= 0.6 is 23.2 Å². The number of nitro benzene ring substituents is 1. The zero-order chi connectivity index (χ0) is 26.3. The molecule has 2 heterocycles. The Morgan fingerprint density at radius 2 is 1.86 bits per heavy atom. The molecule has 4 aromatic rings. The van der Waals surface area contributed by atoms with E-state index in [0.717, 1.165) is 5.56 Å². The summed E-state index contributed by atoms with van der Waals surface area (Å²) in [5.41, 5.74) is 1.51. The number of non-ortho nitro benzene ring substituents is 1. The lowest BCUT2D eigenvalue weighted by Gasteiger charge is -2.26. The SMILES string of the molecule is Cc1ccc2oc(=O)c3c(c2c1)OC(N=Cc1ccc(Cl)cc1Cl)=C(C#N)C3c1ccc([N+](=O)[O-])cc1. The van der Waals surface area contributed by atoms with Gasteiger partial charge in [-0.3, -0.25) is 10.1 Å². The van der Waals surface area contributed by atoms with E-state index >= 15 is 0 Å². The fourth-order valence-electron chi connectivity index (χ4n) is 4.15. The van der Waals surface area contributed by atoms with Gasteiger partial charge in [0.1, 0.15) is 17.2 Å². The van der Waals surface area contributed by atoms with Crippen molar-refractivity contribution in [3.8, 4) is 11.8 Å². The molecule has 1 atom stereocenters. The first kappa shape index (κ1) is 24.3. The fraction of sp³-hybridized carbons (Fsp3) is 0.0741. The van der Waals surface area contributed by atoms with Crippen molar-refractivity contribution in [1.82, 2.24) is 0 Å². The molecular weight excluding hydrogens is 517 g/mol. The molecule has 0 radical (unpaired) electrons. The van der Waals surface area contributed by atoms with E-state index < -0.39 is 16.5 Å². The number of nitrogens with zero attached hydrogens (tertiary/aromatic N) is 3. The van der Waals surface area contributed by atoms with Crippen LogP contribution in [-0.2, 0) is 0 Å². The molecule has 0 amide bonds. The number of fused-ring (bicyclic) bond motifs is 3. The number of allylic oxidation sites excluding steroid dienone is 1. The Bertz CT molecular complexity index is 1750. The van der Waals surface area contributed by atoms with Gasteiger partial charge in [-0.1, -0.05) is 53.0 Å². The van der Waals surface area contributed by atoms with Crippen LogP contribution in [0.5, 0.6) is 5.75 Å². The minimum Gasteiger partial charge on any atom is -0.437 e. The molecule has 0 N–H and O–H groups in total. The normalized spacial score (nSPS) is 14.9. The van der Waals surface area contributed by atoms with E-state index in [1.807, 2.05) is 6.92 Å². The van der Waals surface area contributed by atoms with Crippen molar-refractivity contribution >= 4 is 46.1 Å². The second kappa shape index (κ2) is 9.54. The lowest BCUT2D eigenvalue weighted by atomic mass is 9.83. The van der Waals surface area contributed by atoms with Crippen LogP contribution in [0, 0.1) is 28.4 Å². The summed E-state index contributed by atoms with van der Waals surface area (Å²) < 4.78 is 11.7. The van der Waals surface area contributed by atoms with Crippen molar-refractivity contribution in [2.75, 3.05) is 0 Å². The number of nitro groups is 1. The first-order valence-electron chi connectivity index (χ1n) is 10.9. The van der Waals surface area contributed by atoms with Gasteiger partial charge in [0.2, 0.25) is 5.88 Å². The second-order valence-electron chi connectivity index (χ2n) is 8.27. The van der Waals surface area contributed by atoms with Crippen molar-refractivity contribution < 1.29 is 14.1 Å². The van der Waals surface area contributed by atoms with Gasteiger partial charge in [0, 0.05) is 28.9 Å². The number of ether oxygens (including phenoxy) is 1. The van der Waals surface area contributed by atoms with Gasteiger partial charge in [-0.2, -0.15) is 5.26 Å². The lowest BCUT2D eigenvalue weighted by Crippen LogP contribution is -2.23. The third-order valence-electron chi connectivity index (χ3n) is 5.89. The minimum atomic E-state index is -0.941. The monoisotopic (exact) mass is 531 g/mol. The van der Waals surface area contributed by atoms with Crippen LogP contribution in [-0.4, -0.2) is 11.1 Å². The molecule has 37 heavy (non-hydrogen) atoms. The molecule has 0 fully saturated rings.